The lowest BCUT2D eigenvalue weighted by Crippen LogP contribution is -2.43. The molecule has 1 amide bonds. The zero-order valence-corrected chi connectivity index (χ0v) is 15.8. The number of aliphatic carboxylic acids is 1. The lowest BCUT2D eigenvalue weighted by Gasteiger charge is -2.37. The summed E-state index contributed by atoms with van der Waals surface area (Å²) in [6.07, 6.45) is 0.157. The number of hydrogen-bond acceptors (Lipinski definition) is 6. The number of carbonyl (C=O) groups is 2. The molecule has 26 heavy (non-hydrogen) atoms. The van der Waals surface area contributed by atoms with E-state index in [1.54, 1.807) is 12.1 Å². The second-order valence-electron chi connectivity index (χ2n) is 6.03. The average molecular weight is 385 g/mol. The third-order valence-corrected chi connectivity index (χ3v) is 6.04. The topological polar surface area (TPSA) is 110 Å². The summed E-state index contributed by atoms with van der Waals surface area (Å²) in [7, 11) is -0.529. The summed E-state index contributed by atoms with van der Waals surface area (Å²) in [4.78, 5) is 25.2. The molecule has 144 valence electrons. The minimum Gasteiger partial charge on any atom is -0.493 e. The average Bonchev–Trinajstić information content (AvgIpc) is 2.59. The van der Waals surface area contributed by atoms with Gasteiger partial charge < -0.3 is 19.5 Å². The third-order valence-electron chi connectivity index (χ3n) is 4.47. The number of carboxylic acid groups (broad SMARTS) is 1. The maximum atomic E-state index is 12.5. The van der Waals surface area contributed by atoms with Gasteiger partial charge in [0.1, 0.15) is 5.75 Å². The van der Waals surface area contributed by atoms with Crippen molar-refractivity contribution in [1.82, 2.24) is 4.90 Å². The number of fused-ring (bicyclic) bond motifs is 1. The number of nitrogens with zero attached hydrogens (tertiary/aromatic N) is 1. The van der Waals surface area contributed by atoms with E-state index < -0.39 is 33.5 Å². The van der Waals surface area contributed by atoms with Gasteiger partial charge >= 0.3 is 5.97 Å². The van der Waals surface area contributed by atoms with E-state index >= 15 is 0 Å². The van der Waals surface area contributed by atoms with Crippen LogP contribution < -0.4 is 9.47 Å². The Labute approximate surface area is 152 Å². The van der Waals surface area contributed by atoms with Crippen LogP contribution in [0.4, 0.5) is 0 Å². The van der Waals surface area contributed by atoms with Crippen molar-refractivity contribution in [1.29, 1.82) is 0 Å². The summed E-state index contributed by atoms with van der Waals surface area (Å²) in [5.41, 5.74) is 1.50. The Morgan fingerprint density at radius 2 is 1.85 bits per heavy atom. The summed E-state index contributed by atoms with van der Waals surface area (Å²) in [6, 6.07) is 2.68. The summed E-state index contributed by atoms with van der Waals surface area (Å²) in [6.45, 7) is 1.72. The number of ether oxygens (including phenoxy) is 2. The molecule has 0 fully saturated rings. The van der Waals surface area contributed by atoms with Crippen LogP contribution in [-0.4, -0.2) is 62.6 Å². The predicted octanol–water partition coefficient (Wildman–Crippen LogP) is 1.04. The van der Waals surface area contributed by atoms with E-state index in [0.717, 1.165) is 5.56 Å². The number of hydrogen-bond donors (Lipinski definition) is 1. The molecular formula is C17H23NO7S. The molecular weight excluding hydrogens is 362 g/mol. The Morgan fingerprint density at radius 3 is 2.38 bits per heavy atom. The molecule has 1 atom stereocenters. The van der Waals surface area contributed by atoms with Crippen LogP contribution in [0.15, 0.2) is 12.1 Å². The van der Waals surface area contributed by atoms with E-state index in [1.165, 1.54) is 26.0 Å². The van der Waals surface area contributed by atoms with Crippen LogP contribution in [0.5, 0.6) is 11.5 Å². The minimum atomic E-state index is -3.50. The van der Waals surface area contributed by atoms with Crippen molar-refractivity contribution in [2.45, 2.75) is 25.8 Å². The Hall–Kier alpha value is -2.29. The van der Waals surface area contributed by atoms with Crippen molar-refractivity contribution in [2.24, 2.45) is 0 Å². The Kier molecular flexibility index (Phi) is 6.12. The molecule has 1 aromatic rings. The van der Waals surface area contributed by atoms with E-state index in [0.29, 0.717) is 23.5 Å². The Balaban J connectivity index is 2.45. The number of amides is 1. The Bertz CT molecular complexity index is 804. The maximum Gasteiger partial charge on any atom is 0.305 e. The standard InChI is InChI=1S/C17H23NO7S/c1-4-26(22,23)10-16(19)18-6-5-11-7-14(24-2)15(25-3)8-12(11)13(18)9-17(20)21/h7-8,13H,4-6,9-10H2,1-3H3,(H,20,21). The highest BCUT2D eigenvalue weighted by Crippen LogP contribution is 2.39. The van der Waals surface area contributed by atoms with Gasteiger partial charge in [-0.3, -0.25) is 9.59 Å². The van der Waals surface area contributed by atoms with Crippen LogP contribution in [0.3, 0.4) is 0 Å². The fourth-order valence-electron chi connectivity index (χ4n) is 3.09. The van der Waals surface area contributed by atoms with Crippen LogP contribution in [0.25, 0.3) is 0 Å². The molecule has 0 saturated carbocycles. The lowest BCUT2D eigenvalue weighted by molar-refractivity contribution is -0.140. The third kappa shape index (κ3) is 4.27. The summed E-state index contributed by atoms with van der Waals surface area (Å²) < 4.78 is 34.2. The fraction of sp³-hybridized carbons (Fsp3) is 0.529. The highest BCUT2D eigenvalue weighted by Gasteiger charge is 2.34. The van der Waals surface area contributed by atoms with E-state index in [4.69, 9.17) is 9.47 Å². The van der Waals surface area contributed by atoms with Gasteiger partial charge in [-0.05, 0) is 29.7 Å². The molecule has 0 saturated heterocycles. The highest BCUT2D eigenvalue weighted by atomic mass is 32.2. The molecule has 9 heteroatoms. The van der Waals surface area contributed by atoms with Gasteiger partial charge in [-0.25, -0.2) is 8.42 Å². The van der Waals surface area contributed by atoms with Crippen LogP contribution >= 0.6 is 0 Å². The van der Waals surface area contributed by atoms with Gasteiger partial charge in [0.25, 0.3) is 0 Å². The van der Waals surface area contributed by atoms with Crippen molar-refractivity contribution >= 4 is 21.7 Å². The molecule has 1 N–H and O–H groups in total. The van der Waals surface area contributed by atoms with Gasteiger partial charge in [-0.1, -0.05) is 6.92 Å². The van der Waals surface area contributed by atoms with Crippen LogP contribution in [0.1, 0.15) is 30.5 Å². The quantitative estimate of drug-likeness (QED) is 0.746. The molecule has 2 rings (SSSR count). The smallest absolute Gasteiger partial charge is 0.305 e. The molecule has 1 aliphatic heterocycles. The predicted molar refractivity (Wildman–Crippen MR) is 94.3 cm³/mol. The number of methoxy groups -OCH3 is 2. The second-order valence-corrected chi connectivity index (χ2v) is 8.39. The zero-order valence-electron chi connectivity index (χ0n) is 15.0. The molecule has 0 radical (unpaired) electrons. The van der Waals surface area contributed by atoms with Gasteiger partial charge in [-0.15, -0.1) is 0 Å². The highest BCUT2D eigenvalue weighted by molar-refractivity contribution is 7.92. The van der Waals surface area contributed by atoms with Crippen molar-refractivity contribution in [3.8, 4) is 11.5 Å². The zero-order chi connectivity index (χ0) is 19.5. The SMILES string of the molecule is CCS(=O)(=O)CC(=O)N1CCc2cc(OC)c(OC)cc2C1CC(=O)O. The van der Waals surface area contributed by atoms with Crippen LogP contribution in [0.2, 0.25) is 0 Å². The molecule has 1 aromatic carbocycles. The summed E-state index contributed by atoms with van der Waals surface area (Å²) >= 11 is 0. The monoisotopic (exact) mass is 385 g/mol. The van der Waals surface area contributed by atoms with Crippen LogP contribution in [-0.2, 0) is 25.8 Å². The molecule has 1 unspecified atom stereocenters. The first-order valence-electron chi connectivity index (χ1n) is 8.18. The Morgan fingerprint density at radius 1 is 1.23 bits per heavy atom. The summed E-state index contributed by atoms with van der Waals surface area (Å²) in [5.74, 6) is -1.47. The largest absolute Gasteiger partial charge is 0.493 e. The van der Waals surface area contributed by atoms with Crippen molar-refractivity contribution in [3.63, 3.8) is 0 Å². The number of rotatable bonds is 7. The molecule has 0 spiro atoms. The molecule has 1 aliphatic rings. The molecule has 0 aromatic heterocycles. The van der Waals surface area contributed by atoms with Crippen molar-refractivity contribution in [2.75, 3.05) is 32.3 Å². The van der Waals surface area contributed by atoms with E-state index in [1.807, 2.05) is 0 Å². The lowest BCUT2D eigenvalue weighted by atomic mass is 9.90. The first-order chi connectivity index (χ1) is 12.2. The van der Waals surface area contributed by atoms with Crippen molar-refractivity contribution < 1.29 is 32.6 Å². The number of carboxylic acids is 1. The van der Waals surface area contributed by atoms with Gasteiger partial charge in [0, 0.05) is 12.3 Å². The number of sulfone groups is 1. The molecule has 0 bridgehead atoms. The summed E-state index contributed by atoms with van der Waals surface area (Å²) in [5, 5.41) is 9.28. The maximum absolute atomic E-state index is 12.5. The molecule has 1 heterocycles. The first-order valence-corrected chi connectivity index (χ1v) is 10.0. The normalized spacial score (nSPS) is 16.7. The minimum absolute atomic E-state index is 0.141. The van der Waals surface area contributed by atoms with E-state index in [-0.39, 0.29) is 18.7 Å². The first kappa shape index (κ1) is 20.0. The molecule has 0 aliphatic carbocycles. The fourth-order valence-corrected chi connectivity index (χ4v) is 3.83. The molecule has 8 nitrogen and oxygen atoms in total. The van der Waals surface area contributed by atoms with Gasteiger partial charge in [0.2, 0.25) is 5.91 Å². The second kappa shape index (κ2) is 7.94. The van der Waals surface area contributed by atoms with E-state index in [2.05, 4.69) is 0 Å². The number of carbonyl (C=O) groups excluding carboxylic acids is 1. The van der Waals surface area contributed by atoms with E-state index in [9.17, 15) is 23.1 Å². The number of benzene rings is 1. The van der Waals surface area contributed by atoms with Gasteiger partial charge in [-0.2, -0.15) is 0 Å². The van der Waals surface area contributed by atoms with Gasteiger partial charge in [0.15, 0.2) is 21.3 Å². The van der Waals surface area contributed by atoms with Crippen LogP contribution in [0, 0.1) is 0 Å². The van der Waals surface area contributed by atoms with Crippen molar-refractivity contribution in [3.05, 3.63) is 23.3 Å². The van der Waals surface area contributed by atoms with Gasteiger partial charge in [0.05, 0.1) is 26.7 Å².